The molecule has 3 heterocycles. The molecule has 1 saturated heterocycles. The molecule has 0 aliphatic carbocycles. The zero-order chi connectivity index (χ0) is 17.3. The minimum Gasteiger partial charge on any atom is -0.456 e. The molecule has 2 aromatic heterocycles. The summed E-state index contributed by atoms with van der Waals surface area (Å²) in [5.41, 5.74) is 0.732. The van der Waals surface area contributed by atoms with E-state index < -0.39 is 15.9 Å². The van der Waals surface area contributed by atoms with Crippen LogP contribution in [0.4, 0.5) is 0 Å². The summed E-state index contributed by atoms with van der Waals surface area (Å²) in [5, 5.41) is 4.20. The summed E-state index contributed by atoms with van der Waals surface area (Å²) in [4.78, 5) is 14.4. The van der Waals surface area contributed by atoms with E-state index in [9.17, 15) is 13.2 Å². The molecule has 0 N–H and O–H groups in total. The smallest absolute Gasteiger partial charge is 0.290 e. The van der Waals surface area contributed by atoms with Crippen LogP contribution >= 0.6 is 0 Å². The van der Waals surface area contributed by atoms with E-state index in [0.29, 0.717) is 13.0 Å². The van der Waals surface area contributed by atoms with Crippen molar-refractivity contribution in [2.75, 3.05) is 18.1 Å². The molecule has 130 valence electrons. The number of nitrogens with zero attached hydrogens (tertiary/aromatic N) is 3. The van der Waals surface area contributed by atoms with Crippen LogP contribution in [0.15, 0.2) is 28.9 Å². The van der Waals surface area contributed by atoms with E-state index in [-0.39, 0.29) is 29.7 Å². The lowest BCUT2D eigenvalue weighted by atomic mass is 10.1. The number of carbonyl (C=O) groups excluding carboxylic acids is 1. The molecule has 7 nitrogen and oxygen atoms in total. The van der Waals surface area contributed by atoms with E-state index in [1.54, 1.807) is 34.1 Å². The molecule has 2 aromatic rings. The molecule has 0 aromatic carbocycles. The molecule has 3 rings (SSSR count). The predicted molar refractivity (Wildman–Crippen MR) is 88.4 cm³/mol. The molecule has 0 radical (unpaired) electrons. The van der Waals surface area contributed by atoms with E-state index in [4.69, 9.17) is 4.42 Å². The fraction of sp³-hybridized carbons (Fsp3) is 0.500. The zero-order valence-corrected chi connectivity index (χ0v) is 14.6. The fourth-order valence-corrected chi connectivity index (χ4v) is 4.37. The van der Waals surface area contributed by atoms with Gasteiger partial charge in [0.25, 0.3) is 5.91 Å². The van der Waals surface area contributed by atoms with Crippen LogP contribution in [0.2, 0.25) is 0 Å². The molecule has 1 atom stereocenters. The van der Waals surface area contributed by atoms with Crippen molar-refractivity contribution < 1.29 is 17.6 Å². The number of sulfone groups is 1. The first-order chi connectivity index (χ1) is 11.4. The van der Waals surface area contributed by atoms with E-state index in [1.165, 1.54) is 0 Å². The van der Waals surface area contributed by atoms with Crippen LogP contribution in [0.25, 0.3) is 0 Å². The Bertz CT molecular complexity index is 837. The summed E-state index contributed by atoms with van der Waals surface area (Å²) in [6, 6.07) is 2.89. The Morgan fingerprint density at radius 2 is 2.17 bits per heavy atom. The molecule has 0 spiro atoms. The van der Waals surface area contributed by atoms with E-state index in [0.717, 1.165) is 11.3 Å². The number of carbonyl (C=O) groups is 1. The lowest BCUT2D eigenvalue weighted by Gasteiger charge is -2.34. The summed E-state index contributed by atoms with van der Waals surface area (Å²) in [6.07, 6.45) is 4.13. The Hall–Kier alpha value is -2.09. The van der Waals surface area contributed by atoms with Gasteiger partial charge in [-0.05, 0) is 19.1 Å². The van der Waals surface area contributed by atoms with E-state index >= 15 is 0 Å². The van der Waals surface area contributed by atoms with Crippen LogP contribution in [0.3, 0.4) is 0 Å². The quantitative estimate of drug-likeness (QED) is 0.836. The summed E-state index contributed by atoms with van der Waals surface area (Å²) < 4.78 is 31.4. The van der Waals surface area contributed by atoms with Crippen LogP contribution in [0.5, 0.6) is 0 Å². The second kappa shape index (κ2) is 6.43. The third kappa shape index (κ3) is 3.24. The molecule has 1 amide bonds. The Kier molecular flexibility index (Phi) is 4.49. The summed E-state index contributed by atoms with van der Waals surface area (Å²) in [7, 11) is -3.19. The first kappa shape index (κ1) is 16.8. The first-order valence-electron chi connectivity index (χ1n) is 8.06. The third-order valence-corrected chi connectivity index (χ3v) is 5.90. The molecular formula is C16H21N3O4S. The highest BCUT2D eigenvalue weighted by Gasteiger charge is 2.37. The molecular weight excluding hydrogens is 330 g/mol. The normalized spacial score (nSPS) is 20.2. The second-order valence-corrected chi connectivity index (χ2v) is 8.11. The van der Waals surface area contributed by atoms with Gasteiger partial charge in [0, 0.05) is 31.3 Å². The van der Waals surface area contributed by atoms with Gasteiger partial charge in [0.15, 0.2) is 15.6 Å². The molecule has 0 unspecified atom stereocenters. The molecule has 1 aliphatic heterocycles. The standard InChI is InChI=1S/C16H21N3O4S/c1-3-13-5-6-15(23-13)16(20)19-7-8-24(21,22)11-14(19)12-9-17-18(4-2)10-12/h5-6,9-10,14H,3-4,7-8,11H2,1-2H3/t14-/m0/s1. The van der Waals surface area contributed by atoms with Gasteiger partial charge in [0.2, 0.25) is 0 Å². The largest absolute Gasteiger partial charge is 0.456 e. The topological polar surface area (TPSA) is 85.4 Å². The number of rotatable bonds is 4. The number of hydrogen-bond donors (Lipinski definition) is 0. The number of amides is 1. The maximum atomic E-state index is 12.8. The van der Waals surface area contributed by atoms with Gasteiger partial charge < -0.3 is 9.32 Å². The SMILES string of the molecule is CCc1ccc(C(=O)N2CCS(=O)(=O)C[C@H]2c2cnn(CC)c2)o1. The van der Waals surface area contributed by atoms with Crippen molar-refractivity contribution in [1.29, 1.82) is 0 Å². The molecule has 0 bridgehead atoms. The number of aryl methyl sites for hydroxylation is 2. The maximum absolute atomic E-state index is 12.8. The van der Waals surface area contributed by atoms with Gasteiger partial charge in [-0.2, -0.15) is 5.10 Å². The summed E-state index contributed by atoms with van der Waals surface area (Å²) >= 11 is 0. The highest BCUT2D eigenvalue weighted by molar-refractivity contribution is 7.91. The van der Waals surface area contributed by atoms with Gasteiger partial charge in [-0.3, -0.25) is 9.48 Å². The van der Waals surface area contributed by atoms with Gasteiger partial charge in [-0.1, -0.05) is 6.92 Å². The van der Waals surface area contributed by atoms with Gasteiger partial charge in [-0.15, -0.1) is 0 Å². The molecule has 1 aliphatic rings. The second-order valence-electron chi connectivity index (χ2n) is 5.88. The Labute approximate surface area is 141 Å². The van der Waals surface area contributed by atoms with Crippen molar-refractivity contribution in [3.05, 3.63) is 41.6 Å². The Morgan fingerprint density at radius 3 is 2.79 bits per heavy atom. The lowest BCUT2D eigenvalue weighted by molar-refractivity contribution is 0.0663. The highest BCUT2D eigenvalue weighted by Crippen LogP contribution is 2.28. The predicted octanol–water partition coefficient (Wildman–Crippen LogP) is 1.67. The minimum absolute atomic E-state index is 0.0293. The van der Waals surface area contributed by atoms with Crippen molar-refractivity contribution in [2.45, 2.75) is 32.9 Å². The van der Waals surface area contributed by atoms with E-state index in [2.05, 4.69) is 5.10 Å². The average molecular weight is 351 g/mol. The first-order valence-corrected chi connectivity index (χ1v) is 9.88. The van der Waals surface area contributed by atoms with Crippen LogP contribution < -0.4 is 0 Å². The zero-order valence-electron chi connectivity index (χ0n) is 13.8. The van der Waals surface area contributed by atoms with Crippen molar-refractivity contribution >= 4 is 15.7 Å². The average Bonchev–Trinajstić information content (AvgIpc) is 3.22. The maximum Gasteiger partial charge on any atom is 0.290 e. The van der Waals surface area contributed by atoms with Crippen molar-refractivity contribution in [1.82, 2.24) is 14.7 Å². The molecule has 1 fully saturated rings. The fourth-order valence-electron chi connectivity index (χ4n) is 2.88. The minimum atomic E-state index is -3.19. The number of aromatic nitrogens is 2. The van der Waals surface area contributed by atoms with Crippen molar-refractivity contribution in [2.24, 2.45) is 0 Å². The highest BCUT2D eigenvalue weighted by atomic mass is 32.2. The molecule has 8 heteroatoms. The van der Waals surface area contributed by atoms with Gasteiger partial charge in [-0.25, -0.2) is 8.42 Å². The van der Waals surface area contributed by atoms with Crippen LogP contribution in [-0.4, -0.2) is 47.1 Å². The third-order valence-electron chi connectivity index (χ3n) is 4.27. The number of furan rings is 1. The Balaban J connectivity index is 1.92. The Morgan fingerprint density at radius 1 is 1.38 bits per heavy atom. The van der Waals surface area contributed by atoms with Crippen LogP contribution in [-0.2, 0) is 22.8 Å². The summed E-state index contributed by atoms with van der Waals surface area (Å²) in [6.45, 7) is 4.74. The van der Waals surface area contributed by atoms with Gasteiger partial charge >= 0.3 is 0 Å². The van der Waals surface area contributed by atoms with Crippen LogP contribution in [0, 0.1) is 0 Å². The molecule has 24 heavy (non-hydrogen) atoms. The van der Waals surface area contributed by atoms with Gasteiger partial charge in [0.1, 0.15) is 5.76 Å². The van der Waals surface area contributed by atoms with Crippen molar-refractivity contribution in [3.63, 3.8) is 0 Å². The van der Waals surface area contributed by atoms with E-state index in [1.807, 2.05) is 13.8 Å². The lowest BCUT2D eigenvalue weighted by Crippen LogP contribution is -2.46. The van der Waals surface area contributed by atoms with Gasteiger partial charge in [0.05, 0.1) is 23.7 Å². The van der Waals surface area contributed by atoms with Crippen LogP contribution in [0.1, 0.15) is 41.8 Å². The monoisotopic (exact) mass is 351 g/mol. The number of hydrogen-bond acceptors (Lipinski definition) is 5. The summed E-state index contributed by atoms with van der Waals surface area (Å²) in [5.74, 6) is 0.588. The molecule has 0 saturated carbocycles. The van der Waals surface area contributed by atoms with Crippen molar-refractivity contribution in [3.8, 4) is 0 Å².